The summed E-state index contributed by atoms with van der Waals surface area (Å²) in [5.41, 5.74) is 9.52. The molecule has 29 heavy (non-hydrogen) atoms. The number of hydrogen-bond acceptors (Lipinski definition) is 1. The summed E-state index contributed by atoms with van der Waals surface area (Å²) in [5.74, 6) is 0.476. The molecule has 0 saturated carbocycles. The van der Waals surface area contributed by atoms with Gasteiger partial charge in [-0.3, -0.25) is 0 Å². The highest BCUT2D eigenvalue weighted by Gasteiger charge is 2.24. The maximum absolute atomic E-state index is 3.55. The zero-order valence-corrected chi connectivity index (χ0v) is 16.5. The van der Waals surface area contributed by atoms with Gasteiger partial charge in [0.15, 0.2) is 0 Å². The number of allylic oxidation sites excluding steroid dienone is 12. The Balaban J connectivity index is 1.45. The Kier molecular flexibility index (Phi) is 4.88. The van der Waals surface area contributed by atoms with Crippen LogP contribution in [-0.4, -0.2) is 0 Å². The van der Waals surface area contributed by atoms with Gasteiger partial charge in [-0.15, -0.1) is 0 Å². The Morgan fingerprint density at radius 3 is 2.31 bits per heavy atom. The molecule has 3 aliphatic rings. The summed E-state index contributed by atoms with van der Waals surface area (Å²) in [5, 5.41) is 3.55. The third-order valence-corrected chi connectivity index (χ3v) is 5.92. The zero-order chi connectivity index (χ0) is 19.5. The van der Waals surface area contributed by atoms with Crippen molar-refractivity contribution in [2.45, 2.75) is 19.3 Å². The van der Waals surface area contributed by atoms with Crippen molar-refractivity contribution in [2.75, 3.05) is 5.32 Å². The fraction of sp³-hybridized carbons (Fsp3) is 0.143. The van der Waals surface area contributed by atoms with E-state index in [4.69, 9.17) is 0 Å². The van der Waals surface area contributed by atoms with E-state index in [1.807, 2.05) is 0 Å². The van der Waals surface area contributed by atoms with Crippen molar-refractivity contribution in [1.82, 2.24) is 0 Å². The van der Waals surface area contributed by atoms with Crippen LogP contribution in [-0.2, 0) is 0 Å². The molecule has 1 atom stereocenters. The summed E-state index contributed by atoms with van der Waals surface area (Å²) in [7, 11) is 0. The molecule has 0 bridgehead atoms. The molecule has 1 nitrogen and oxygen atoms in total. The van der Waals surface area contributed by atoms with Gasteiger partial charge in [0.25, 0.3) is 0 Å². The average Bonchev–Trinajstić information content (AvgIpc) is 2.80. The summed E-state index contributed by atoms with van der Waals surface area (Å²) in [6.07, 6.45) is 19.2. The fourth-order valence-corrected chi connectivity index (χ4v) is 4.41. The van der Waals surface area contributed by atoms with Gasteiger partial charge in [0.1, 0.15) is 0 Å². The van der Waals surface area contributed by atoms with Crippen molar-refractivity contribution in [3.8, 4) is 0 Å². The molecule has 0 heterocycles. The standard InChI is InChI=1S/C28H25N/c1-3-9-22(10-4-1)28-20-24(19-23-11-7-8-14-27(23)28)21-15-17-26(18-16-21)29-25-12-5-2-6-13-25/h1-15,17,20,23,29H,16,18-19H2. The van der Waals surface area contributed by atoms with Crippen LogP contribution in [0.2, 0.25) is 0 Å². The van der Waals surface area contributed by atoms with Gasteiger partial charge >= 0.3 is 0 Å². The summed E-state index contributed by atoms with van der Waals surface area (Å²) in [6, 6.07) is 21.2. The molecule has 1 heteroatoms. The van der Waals surface area contributed by atoms with Gasteiger partial charge < -0.3 is 5.32 Å². The van der Waals surface area contributed by atoms with Crippen molar-refractivity contribution >= 4 is 11.3 Å². The van der Waals surface area contributed by atoms with Gasteiger partial charge in [-0.2, -0.15) is 0 Å². The molecule has 0 radical (unpaired) electrons. The highest BCUT2D eigenvalue weighted by Crippen LogP contribution is 2.41. The second-order valence-electron chi connectivity index (χ2n) is 7.83. The lowest BCUT2D eigenvalue weighted by Crippen LogP contribution is -2.13. The van der Waals surface area contributed by atoms with Crippen molar-refractivity contribution in [2.24, 2.45) is 5.92 Å². The van der Waals surface area contributed by atoms with Crippen molar-refractivity contribution < 1.29 is 0 Å². The molecule has 5 rings (SSSR count). The predicted molar refractivity (Wildman–Crippen MR) is 123 cm³/mol. The first kappa shape index (κ1) is 17.8. The molecule has 2 aromatic carbocycles. The fourth-order valence-electron chi connectivity index (χ4n) is 4.41. The molecule has 0 aromatic heterocycles. The van der Waals surface area contributed by atoms with Crippen molar-refractivity contribution in [3.05, 3.63) is 131 Å². The third-order valence-electron chi connectivity index (χ3n) is 5.92. The SMILES string of the molecule is C1=CC2=C(c3ccccc3)C=C(C3=CC=C(Nc4ccccc4)CC3)CC2C=C1. The molecule has 1 unspecified atom stereocenters. The predicted octanol–water partition coefficient (Wildman–Crippen LogP) is 7.23. The molecule has 0 aliphatic heterocycles. The van der Waals surface area contributed by atoms with E-state index in [9.17, 15) is 0 Å². The van der Waals surface area contributed by atoms with Crippen molar-refractivity contribution in [1.29, 1.82) is 0 Å². The van der Waals surface area contributed by atoms with E-state index in [1.165, 1.54) is 33.6 Å². The Hall–Kier alpha value is -3.32. The lowest BCUT2D eigenvalue weighted by Gasteiger charge is -2.29. The van der Waals surface area contributed by atoms with Crippen LogP contribution in [0.15, 0.2) is 126 Å². The Labute approximate surface area is 173 Å². The van der Waals surface area contributed by atoms with E-state index >= 15 is 0 Å². The number of benzene rings is 2. The summed E-state index contributed by atoms with van der Waals surface area (Å²) < 4.78 is 0. The normalized spacial score (nSPS) is 20.6. The van der Waals surface area contributed by atoms with Gasteiger partial charge in [0.05, 0.1) is 0 Å². The van der Waals surface area contributed by atoms with Gasteiger partial charge in [-0.1, -0.05) is 85.0 Å². The lowest BCUT2D eigenvalue weighted by molar-refractivity contribution is 0.742. The van der Waals surface area contributed by atoms with Crippen LogP contribution in [0, 0.1) is 5.92 Å². The van der Waals surface area contributed by atoms with E-state index in [-0.39, 0.29) is 0 Å². The Bertz CT molecular complexity index is 1080. The summed E-state index contributed by atoms with van der Waals surface area (Å²) >= 11 is 0. The monoisotopic (exact) mass is 375 g/mol. The van der Waals surface area contributed by atoms with Crippen LogP contribution in [0.1, 0.15) is 24.8 Å². The van der Waals surface area contributed by atoms with Crippen molar-refractivity contribution in [3.63, 3.8) is 0 Å². The topological polar surface area (TPSA) is 12.0 Å². The smallest absolute Gasteiger partial charge is 0.0381 e. The number of rotatable bonds is 4. The highest BCUT2D eigenvalue weighted by molar-refractivity contribution is 5.82. The first-order valence-electron chi connectivity index (χ1n) is 10.4. The number of hydrogen-bond donors (Lipinski definition) is 1. The molecule has 142 valence electrons. The zero-order valence-electron chi connectivity index (χ0n) is 16.5. The minimum atomic E-state index is 0.476. The van der Waals surface area contributed by atoms with Gasteiger partial charge in [0.2, 0.25) is 0 Å². The second-order valence-corrected chi connectivity index (χ2v) is 7.83. The number of fused-ring (bicyclic) bond motifs is 1. The molecule has 0 fully saturated rings. The maximum atomic E-state index is 3.55. The summed E-state index contributed by atoms with van der Waals surface area (Å²) in [6.45, 7) is 0. The van der Waals surface area contributed by atoms with Crippen LogP contribution < -0.4 is 5.32 Å². The van der Waals surface area contributed by atoms with Gasteiger partial charge in [0, 0.05) is 17.3 Å². The highest BCUT2D eigenvalue weighted by atomic mass is 14.9. The maximum Gasteiger partial charge on any atom is 0.0381 e. The molecule has 3 aliphatic carbocycles. The van der Waals surface area contributed by atoms with E-state index in [2.05, 4.69) is 109 Å². The minimum Gasteiger partial charge on any atom is -0.359 e. The quantitative estimate of drug-likeness (QED) is 0.594. The van der Waals surface area contributed by atoms with Crippen LogP contribution in [0.3, 0.4) is 0 Å². The molecule has 2 aromatic rings. The number of nitrogens with one attached hydrogen (secondary N) is 1. The first-order valence-corrected chi connectivity index (χ1v) is 10.4. The molecule has 1 N–H and O–H groups in total. The van der Waals surface area contributed by atoms with E-state index < -0.39 is 0 Å². The lowest BCUT2D eigenvalue weighted by atomic mass is 9.76. The molecular weight excluding hydrogens is 350 g/mol. The largest absolute Gasteiger partial charge is 0.359 e. The third kappa shape index (κ3) is 3.82. The minimum absolute atomic E-state index is 0.476. The van der Waals surface area contributed by atoms with E-state index in [0.29, 0.717) is 5.92 Å². The molecule has 0 spiro atoms. The molecular formula is C28H25N. The Morgan fingerprint density at radius 2 is 1.55 bits per heavy atom. The number of anilines is 1. The molecule has 0 saturated heterocycles. The number of para-hydroxylation sites is 1. The van der Waals surface area contributed by atoms with Crippen LogP contribution in [0.25, 0.3) is 5.57 Å². The summed E-state index contributed by atoms with van der Waals surface area (Å²) in [4.78, 5) is 0. The van der Waals surface area contributed by atoms with E-state index in [0.717, 1.165) is 24.9 Å². The Morgan fingerprint density at radius 1 is 0.759 bits per heavy atom. The van der Waals surface area contributed by atoms with Crippen LogP contribution in [0.4, 0.5) is 5.69 Å². The van der Waals surface area contributed by atoms with E-state index in [1.54, 1.807) is 0 Å². The van der Waals surface area contributed by atoms with Crippen LogP contribution in [0.5, 0.6) is 0 Å². The van der Waals surface area contributed by atoms with Crippen LogP contribution >= 0.6 is 0 Å². The second kappa shape index (κ2) is 7.97. The average molecular weight is 376 g/mol. The van der Waals surface area contributed by atoms with Gasteiger partial charge in [-0.25, -0.2) is 0 Å². The first-order chi connectivity index (χ1) is 14.4. The molecule has 0 amide bonds. The van der Waals surface area contributed by atoms with Gasteiger partial charge in [-0.05, 0) is 65.3 Å².